The van der Waals surface area contributed by atoms with Crippen LogP contribution in [0.25, 0.3) is 21.7 Å². The van der Waals surface area contributed by atoms with Crippen LogP contribution in [0.2, 0.25) is 10.0 Å². The summed E-state index contributed by atoms with van der Waals surface area (Å²) in [5.74, 6) is -0.803. The van der Waals surface area contributed by atoms with E-state index in [4.69, 9.17) is 28.7 Å². The Balaban J connectivity index is 2.48. The molecular weight excluding hydrogens is 291 g/mol. The van der Waals surface area contributed by atoms with Gasteiger partial charge in [-0.05, 0) is 16.7 Å². The highest BCUT2D eigenvalue weighted by atomic mass is 35.5. The molecule has 0 spiro atoms. The summed E-state index contributed by atoms with van der Waals surface area (Å²) in [7, 11) is 1.72. The largest absolute Gasteiger partial charge is 0.285 e. The number of amides is 1. The van der Waals surface area contributed by atoms with Crippen molar-refractivity contribution >= 4 is 29.1 Å². The molecule has 0 unspecified atom stereocenters. The lowest BCUT2D eigenvalue weighted by molar-refractivity contribution is 0.0995. The third kappa shape index (κ3) is 2.68. The first kappa shape index (κ1) is 13.4. The van der Waals surface area contributed by atoms with Gasteiger partial charge in [0.15, 0.2) is 0 Å². The zero-order valence-electron chi connectivity index (χ0n) is 9.58. The van der Waals surface area contributed by atoms with Gasteiger partial charge in [0.25, 0.3) is 5.91 Å². The summed E-state index contributed by atoms with van der Waals surface area (Å²) in [6.07, 6.45) is 2.98. The molecule has 9 heteroatoms. The van der Waals surface area contributed by atoms with Crippen LogP contribution in [-0.2, 0) is 7.05 Å². The molecule has 0 atom stereocenters. The van der Waals surface area contributed by atoms with Crippen molar-refractivity contribution in [1.29, 1.82) is 0 Å². The molecule has 0 aliphatic carbocycles. The summed E-state index contributed by atoms with van der Waals surface area (Å²) >= 11 is 12.1. The molecule has 0 aromatic carbocycles. The topological polar surface area (TPSA) is 96.5 Å². The molecule has 96 valence electrons. The van der Waals surface area contributed by atoms with Gasteiger partial charge in [-0.2, -0.15) is 5.10 Å². The molecule has 1 amide bonds. The van der Waals surface area contributed by atoms with Crippen molar-refractivity contribution in [2.45, 2.75) is 0 Å². The number of aromatic nitrogens is 3. The Morgan fingerprint density at radius 1 is 1.47 bits per heavy atom. The summed E-state index contributed by atoms with van der Waals surface area (Å²) in [6, 6.07) is 1.30. The summed E-state index contributed by atoms with van der Waals surface area (Å²) in [4.78, 5) is 17.6. The molecule has 0 saturated heterocycles. The minimum absolute atomic E-state index is 0.0430. The molecule has 2 rings (SSSR count). The maximum Gasteiger partial charge on any atom is 0.267 e. The van der Waals surface area contributed by atoms with E-state index in [1.165, 1.54) is 16.9 Å². The Labute approximate surface area is 117 Å². The van der Waals surface area contributed by atoms with Crippen molar-refractivity contribution in [3.8, 4) is 11.3 Å². The van der Waals surface area contributed by atoms with Crippen LogP contribution in [0.3, 0.4) is 0 Å². The minimum Gasteiger partial charge on any atom is -0.285 e. The third-order valence-corrected chi connectivity index (χ3v) is 2.84. The van der Waals surface area contributed by atoms with Crippen LogP contribution in [0.4, 0.5) is 0 Å². The summed E-state index contributed by atoms with van der Waals surface area (Å²) in [5.41, 5.74) is 9.10. The molecule has 0 N–H and O–H groups in total. The van der Waals surface area contributed by atoms with E-state index in [-0.39, 0.29) is 10.7 Å². The Bertz CT molecular complexity index is 704. The van der Waals surface area contributed by atoms with Gasteiger partial charge in [0.05, 0.1) is 10.0 Å². The van der Waals surface area contributed by atoms with Gasteiger partial charge in [0.1, 0.15) is 11.4 Å². The zero-order chi connectivity index (χ0) is 14.0. The van der Waals surface area contributed by atoms with E-state index in [0.717, 1.165) is 0 Å². The molecule has 2 aromatic heterocycles. The lowest BCUT2D eigenvalue weighted by Crippen LogP contribution is -1.98. The Morgan fingerprint density at radius 2 is 2.21 bits per heavy atom. The molecule has 7 nitrogen and oxygen atoms in total. The molecule has 0 bridgehead atoms. The first-order valence-corrected chi connectivity index (χ1v) is 5.73. The van der Waals surface area contributed by atoms with E-state index in [1.54, 1.807) is 13.2 Å². The van der Waals surface area contributed by atoms with Gasteiger partial charge in [-0.15, -0.1) is 0 Å². The maximum absolute atomic E-state index is 11.3. The van der Waals surface area contributed by atoms with E-state index in [2.05, 4.69) is 20.1 Å². The SMILES string of the molecule is Cn1cc(Cl)c(-c2cnc(C(=O)N=[N+]=[N-])cc2Cl)n1. The van der Waals surface area contributed by atoms with Crippen LogP contribution in [0, 0.1) is 0 Å². The highest BCUT2D eigenvalue weighted by Crippen LogP contribution is 2.31. The number of hydrogen-bond donors (Lipinski definition) is 0. The predicted molar refractivity (Wildman–Crippen MR) is 69.9 cm³/mol. The quantitative estimate of drug-likeness (QED) is 0.483. The van der Waals surface area contributed by atoms with Crippen LogP contribution in [0.5, 0.6) is 0 Å². The monoisotopic (exact) mass is 296 g/mol. The summed E-state index contributed by atoms with van der Waals surface area (Å²) in [5, 5.41) is 7.74. The van der Waals surface area contributed by atoms with Gasteiger partial charge in [0, 0.05) is 29.9 Å². The number of azide groups is 1. The standard InChI is InChI=1S/C10H6Cl2N6O/c1-18-4-7(12)9(16-18)5-3-14-8(2-6(5)11)10(19)15-17-13/h2-4H,1H3. The molecule has 0 aliphatic rings. The second-order valence-electron chi connectivity index (χ2n) is 3.54. The van der Waals surface area contributed by atoms with E-state index < -0.39 is 5.91 Å². The van der Waals surface area contributed by atoms with E-state index >= 15 is 0 Å². The lowest BCUT2D eigenvalue weighted by atomic mass is 10.2. The Kier molecular flexibility index (Phi) is 3.71. The highest BCUT2D eigenvalue weighted by Gasteiger charge is 2.15. The lowest BCUT2D eigenvalue weighted by Gasteiger charge is -2.02. The van der Waals surface area contributed by atoms with Crippen LogP contribution >= 0.6 is 23.2 Å². The number of hydrogen-bond acceptors (Lipinski definition) is 3. The number of rotatable bonds is 2. The Morgan fingerprint density at radius 3 is 2.74 bits per heavy atom. The first-order valence-electron chi connectivity index (χ1n) is 4.97. The second-order valence-corrected chi connectivity index (χ2v) is 4.36. The minimum atomic E-state index is -0.803. The van der Waals surface area contributed by atoms with Crippen molar-refractivity contribution in [3.63, 3.8) is 0 Å². The van der Waals surface area contributed by atoms with Crippen LogP contribution in [-0.4, -0.2) is 20.7 Å². The van der Waals surface area contributed by atoms with Crippen LogP contribution in [0.15, 0.2) is 23.6 Å². The molecule has 0 radical (unpaired) electrons. The van der Waals surface area contributed by atoms with Crippen molar-refractivity contribution < 1.29 is 4.79 Å². The summed E-state index contributed by atoms with van der Waals surface area (Å²) in [6.45, 7) is 0. The van der Waals surface area contributed by atoms with Gasteiger partial charge in [-0.1, -0.05) is 23.2 Å². The second kappa shape index (κ2) is 5.27. The molecule has 19 heavy (non-hydrogen) atoms. The van der Waals surface area contributed by atoms with Gasteiger partial charge in [-0.3, -0.25) is 14.5 Å². The zero-order valence-corrected chi connectivity index (χ0v) is 11.1. The van der Waals surface area contributed by atoms with Gasteiger partial charge in [-0.25, -0.2) is 0 Å². The molecule has 0 aliphatic heterocycles. The van der Waals surface area contributed by atoms with Crippen molar-refractivity contribution in [2.75, 3.05) is 0 Å². The smallest absolute Gasteiger partial charge is 0.267 e. The number of carbonyl (C=O) groups excluding carboxylic acids is 1. The first-order chi connectivity index (χ1) is 9.02. The average Bonchev–Trinajstić information content (AvgIpc) is 2.68. The molecule has 0 fully saturated rings. The van der Waals surface area contributed by atoms with Gasteiger partial charge >= 0.3 is 0 Å². The van der Waals surface area contributed by atoms with Gasteiger partial charge < -0.3 is 0 Å². The fraction of sp³-hybridized carbons (Fsp3) is 0.100. The van der Waals surface area contributed by atoms with Crippen molar-refractivity contribution in [3.05, 3.63) is 44.6 Å². The van der Waals surface area contributed by atoms with E-state index in [1.807, 2.05) is 0 Å². The summed E-state index contributed by atoms with van der Waals surface area (Å²) < 4.78 is 1.53. The number of pyridine rings is 1. The molecular formula is C10H6Cl2N6O. The fourth-order valence-electron chi connectivity index (χ4n) is 1.46. The predicted octanol–water partition coefficient (Wildman–Crippen LogP) is 3.24. The maximum atomic E-state index is 11.3. The number of carbonyl (C=O) groups is 1. The number of halogens is 2. The van der Waals surface area contributed by atoms with E-state index in [0.29, 0.717) is 16.3 Å². The number of aryl methyl sites for hydroxylation is 1. The molecule has 2 heterocycles. The van der Waals surface area contributed by atoms with Crippen LogP contribution < -0.4 is 0 Å². The normalized spacial score (nSPS) is 10.1. The van der Waals surface area contributed by atoms with Crippen molar-refractivity contribution in [2.24, 2.45) is 12.2 Å². The Hall–Kier alpha value is -2.08. The highest BCUT2D eigenvalue weighted by molar-refractivity contribution is 6.36. The fourth-order valence-corrected chi connectivity index (χ4v) is 1.98. The molecule has 2 aromatic rings. The van der Waals surface area contributed by atoms with E-state index in [9.17, 15) is 4.79 Å². The van der Waals surface area contributed by atoms with Crippen LogP contribution in [0.1, 0.15) is 10.5 Å². The van der Waals surface area contributed by atoms with Gasteiger partial charge in [0.2, 0.25) is 0 Å². The number of nitrogens with zero attached hydrogens (tertiary/aromatic N) is 6. The van der Waals surface area contributed by atoms with Crippen molar-refractivity contribution in [1.82, 2.24) is 14.8 Å². The third-order valence-electron chi connectivity index (χ3n) is 2.25. The molecule has 0 saturated carbocycles. The average molecular weight is 297 g/mol.